The van der Waals surface area contributed by atoms with Gasteiger partial charge in [0.15, 0.2) is 0 Å². The Morgan fingerprint density at radius 1 is 1.39 bits per heavy atom. The highest BCUT2D eigenvalue weighted by atomic mass is 19.4. The van der Waals surface area contributed by atoms with Gasteiger partial charge >= 0.3 is 6.18 Å². The number of nitrogens with one attached hydrogen (secondary N) is 1. The van der Waals surface area contributed by atoms with Crippen molar-refractivity contribution in [1.82, 2.24) is 10.2 Å². The van der Waals surface area contributed by atoms with Gasteiger partial charge < -0.3 is 10.1 Å². The normalized spacial score (nSPS) is 22.7. The fourth-order valence-corrected chi connectivity index (χ4v) is 2.92. The quantitative estimate of drug-likeness (QED) is 0.922. The van der Waals surface area contributed by atoms with Crippen molar-refractivity contribution in [2.45, 2.75) is 37.5 Å². The largest absolute Gasteiger partial charge is 0.497 e. The van der Waals surface area contributed by atoms with Crippen molar-refractivity contribution in [3.63, 3.8) is 0 Å². The van der Waals surface area contributed by atoms with Crippen LogP contribution in [0, 0.1) is 0 Å². The summed E-state index contributed by atoms with van der Waals surface area (Å²) in [6, 6.07) is 5.49. The van der Waals surface area contributed by atoms with Crippen molar-refractivity contribution < 1.29 is 22.7 Å². The Morgan fingerprint density at radius 2 is 2.13 bits per heavy atom. The summed E-state index contributed by atoms with van der Waals surface area (Å²) in [5, 5.41) is 2.82. The van der Waals surface area contributed by atoms with Gasteiger partial charge in [-0.2, -0.15) is 13.2 Å². The number of likely N-dealkylation sites (N-methyl/N-ethyl adjacent to an activating group) is 1. The number of carbonyl (C=O) groups excluding carboxylic acids is 1. The molecule has 0 unspecified atom stereocenters. The molecule has 4 nitrogen and oxygen atoms in total. The topological polar surface area (TPSA) is 41.6 Å². The number of halogens is 3. The number of nitrogens with zero attached hydrogens (tertiary/aromatic N) is 1. The van der Waals surface area contributed by atoms with Crippen molar-refractivity contribution >= 4 is 5.91 Å². The number of piperidine rings is 1. The van der Waals surface area contributed by atoms with Crippen LogP contribution in [0.2, 0.25) is 0 Å². The van der Waals surface area contributed by atoms with Crippen LogP contribution in [0.25, 0.3) is 0 Å². The van der Waals surface area contributed by atoms with Crippen LogP contribution in [0.4, 0.5) is 13.2 Å². The molecular weight excluding hydrogens is 309 g/mol. The van der Waals surface area contributed by atoms with Crippen LogP contribution in [0.3, 0.4) is 0 Å². The predicted octanol–water partition coefficient (Wildman–Crippen LogP) is 2.38. The Balaban J connectivity index is 1.87. The molecule has 128 valence electrons. The van der Waals surface area contributed by atoms with Gasteiger partial charge in [0.1, 0.15) is 11.8 Å². The number of carbonyl (C=O) groups is 1. The van der Waals surface area contributed by atoms with Crippen LogP contribution in [0.5, 0.6) is 5.75 Å². The smallest absolute Gasteiger partial charge is 0.404 e. The zero-order valence-electron chi connectivity index (χ0n) is 13.2. The fourth-order valence-electron chi connectivity index (χ4n) is 2.92. The molecule has 7 heteroatoms. The highest BCUT2D eigenvalue weighted by Crippen LogP contribution is 2.30. The van der Waals surface area contributed by atoms with Gasteiger partial charge in [-0.25, -0.2) is 0 Å². The Labute approximate surface area is 133 Å². The molecule has 0 aromatic heterocycles. The maximum absolute atomic E-state index is 12.8. The summed E-state index contributed by atoms with van der Waals surface area (Å²) in [5.41, 5.74) is 0.805. The van der Waals surface area contributed by atoms with E-state index in [1.54, 1.807) is 25.3 Å². The number of benzene rings is 1. The molecule has 1 aromatic carbocycles. The maximum Gasteiger partial charge on any atom is 0.404 e. The summed E-state index contributed by atoms with van der Waals surface area (Å²) < 4.78 is 43.5. The lowest BCUT2D eigenvalue weighted by atomic mass is 9.98. The molecule has 23 heavy (non-hydrogen) atoms. The number of methoxy groups -OCH3 is 1. The lowest BCUT2D eigenvalue weighted by molar-refractivity contribution is -0.188. The average Bonchev–Trinajstić information content (AvgIpc) is 2.46. The zero-order chi connectivity index (χ0) is 17.0. The Bertz CT molecular complexity index is 548. The van der Waals surface area contributed by atoms with E-state index in [-0.39, 0.29) is 31.3 Å². The number of alkyl halides is 3. The van der Waals surface area contributed by atoms with Crippen molar-refractivity contribution in [2.24, 2.45) is 0 Å². The number of likely N-dealkylation sites (tertiary alicyclic amines) is 1. The summed E-state index contributed by atoms with van der Waals surface area (Å²) in [7, 11) is 2.99. The van der Waals surface area contributed by atoms with Crippen LogP contribution < -0.4 is 10.1 Å². The first-order chi connectivity index (χ1) is 10.8. The van der Waals surface area contributed by atoms with E-state index in [0.717, 1.165) is 5.56 Å². The van der Waals surface area contributed by atoms with Gasteiger partial charge in [-0.05, 0) is 37.6 Å². The second-order valence-corrected chi connectivity index (χ2v) is 5.87. The Hall–Kier alpha value is -1.76. The number of amides is 1. The highest BCUT2D eigenvalue weighted by molar-refractivity contribution is 5.79. The fraction of sp³-hybridized carbons (Fsp3) is 0.562. The van der Waals surface area contributed by atoms with E-state index in [0.29, 0.717) is 12.2 Å². The van der Waals surface area contributed by atoms with Gasteiger partial charge in [0, 0.05) is 12.6 Å². The minimum absolute atomic E-state index is 0.00407. The van der Waals surface area contributed by atoms with Crippen molar-refractivity contribution in [1.29, 1.82) is 0 Å². The molecule has 1 aliphatic heterocycles. The van der Waals surface area contributed by atoms with Crippen molar-refractivity contribution in [3.8, 4) is 5.75 Å². The molecule has 1 fully saturated rings. The summed E-state index contributed by atoms with van der Waals surface area (Å²) in [4.78, 5) is 13.3. The molecule has 1 N–H and O–H groups in total. The monoisotopic (exact) mass is 330 g/mol. The molecule has 0 bridgehead atoms. The molecule has 0 radical (unpaired) electrons. The van der Waals surface area contributed by atoms with Crippen LogP contribution in [0.15, 0.2) is 24.3 Å². The Kier molecular flexibility index (Phi) is 5.51. The second-order valence-electron chi connectivity index (χ2n) is 5.87. The zero-order valence-corrected chi connectivity index (χ0v) is 13.2. The molecule has 1 heterocycles. The first-order valence-electron chi connectivity index (χ1n) is 7.49. The van der Waals surface area contributed by atoms with Gasteiger partial charge in [-0.15, -0.1) is 0 Å². The molecule has 0 spiro atoms. The molecule has 1 amide bonds. The van der Waals surface area contributed by atoms with Crippen LogP contribution in [-0.2, 0) is 11.2 Å². The predicted molar refractivity (Wildman–Crippen MR) is 80.3 cm³/mol. The molecule has 0 saturated carbocycles. The second kappa shape index (κ2) is 7.21. The first-order valence-corrected chi connectivity index (χ1v) is 7.49. The highest BCUT2D eigenvalue weighted by Gasteiger charge is 2.44. The molecule has 1 aliphatic rings. The third-order valence-corrected chi connectivity index (χ3v) is 4.07. The summed E-state index contributed by atoms with van der Waals surface area (Å²) >= 11 is 0. The molecular formula is C16H21F3N2O2. The van der Waals surface area contributed by atoms with Crippen molar-refractivity contribution in [2.75, 3.05) is 20.7 Å². The molecule has 2 rings (SSSR count). The van der Waals surface area contributed by atoms with Crippen LogP contribution in [0.1, 0.15) is 18.4 Å². The number of rotatable bonds is 4. The van der Waals surface area contributed by atoms with E-state index in [1.807, 2.05) is 6.07 Å². The first kappa shape index (κ1) is 17.6. The van der Waals surface area contributed by atoms with Gasteiger partial charge in [0.05, 0.1) is 13.5 Å². The van der Waals surface area contributed by atoms with E-state index in [9.17, 15) is 18.0 Å². The van der Waals surface area contributed by atoms with Gasteiger partial charge in [-0.3, -0.25) is 9.69 Å². The van der Waals surface area contributed by atoms with Crippen LogP contribution >= 0.6 is 0 Å². The standard InChI is InChI=1S/C16H21F3N2O2/c1-21-10-12(6-7-14(21)16(17,18)19)20-15(22)9-11-4-3-5-13(8-11)23-2/h3-5,8,12,14H,6-7,9-10H2,1-2H3,(H,20,22)/t12-,14+/m0/s1. The lowest BCUT2D eigenvalue weighted by Gasteiger charge is -2.38. The lowest BCUT2D eigenvalue weighted by Crippen LogP contribution is -2.54. The number of hydrogen-bond donors (Lipinski definition) is 1. The molecule has 0 aliphatic carbocycles. The van der Waals surface area contributed by atoms with Gasteiger partial charge in [0.25, 0.3) is 0 Å². The Morgan fingerprint density at radius 3 is 2.74 bits per heavy atom. The maximum atomic E-state index is 12.8. The van der Waals surface area contributed by atoms with E-state index in [4.69, 9.17) is 4.74 Å². The van der Waals surface area contributed by atoms with E-state index in [1.165, 1.54) is 11.9 Å². The number of ether oxygens (including phenoxy) is 1. The van der Waals surface area contributed by atoms with Gasteiger partial charge in [0.2, 0.25) is 5.91 Å². The summed E-state index contributed by atoms with van der Waals surface area (Å²) in [5.74, 6) is 0.475. The SMILES string of the molecule is COc1cccc(CC(=O)N[C@H]2CC[C@H](C(F)(F)F)N(C)C2)c1. The van der Waals surface area contributed by atoms with Gasteiger partial charge in [-0.1, -0.05) is 12.1 Å². The van der Waals surface area contributed by atoms with E-state index < -0.39 is 12.2 Å². The van der Waals surface area contributed by atoms with Crippen LogP contribution in [-0.4, -0.2) is 49.8 Å². The minimum Gasteiger partial charge on any atom is -0.497 e. The molecule has 1 saturated heterocycles. The minimum atomic E-state index is -4.22. The summed E-state index contributed by atoms with van der Waals surface area (Å²) in [6.07, 6.45) is -3.70. The third-order valence-electron chi connectivity index (χ3n) is 4.07. The average molecular weight is 330 g/mol. The van der Waals surface area contributed by atoms with E-state index >= 15 is 0 Å². The van der Waals surface area contributed by atoms with Crippen molar-refractivity contribution in [3.05, 3.63) is 29.8 Å². The number of hydrogen-bond acceptors (Lipinski definition) is 3. The summed E-state index contributed by atoms with van der Waals surface area (Å²) in [6.45, 7) is 0.202. The molecule has 1 aromatic rings. The molecule has 2 atom stereocenters. The van der Waals surface area contributed by atoms with E-state index in [2.05, 4.69) is 5.32 Å². The third kappa shape index (κ3) is 4.86.